The van der Waals surface area contributed by atoms with E-state index in [1.54, 1.807) is 24.0 Å². The Hall–Kier alpha value is -2.19. The van der Waals surface area contributed by atoms with E-state index in [9.17, 15) is 19.5 Å². The molecule has 0 saturated carbocycles. The van der Waals surface area contributed by atoms with E-state index >= 15 is 0 Å². The van der Waals surface area contributed by atoms with Crippen molar-refractivity contribution in [2.45, 2.75) is 76.8 Å². The van der Waals surface area contributed by atoms with Gasteiger partial charge in [-0.05, 0) is 32.3 Å². The van der Waals surface area contributed by atoms with Gasteiger partial charge >= 0.3 is 5.97 Å². The summed E-state index contributed by atoms with van der Waals surface area (Å²) in [5.74, 6) is -2.91. The first-order valence-corrected chi connectivity index (χ1v) is 12.1. The number of carbonyl (C=O) groups is 3. The molecule has 33 heavy (non-hydrogen) atoms. The lowest BCUT2D eigenvalue weighted by Gasteiger charge is -2.42. The van der Waals surface area contributed by atoms with Crippen molar-refractivity contribution in [1.29, 1.82) is 0 Å². The molecular formula is C25H36N2O6. The van der Waals surface area contributed by atoms with Gasteiger partial charge in [0.15, 0.2) is 0 Å². The smallest absolute Gasteiger partial charge is 0.313 e. The van der Waals surface area contributed by atoms with E-state index < -0.39 is 41.1 Å². The summed E-state index contributed by atoms with van der Waals surface area (Å²) in [6, 6.07) is -1.55. The van der Waals surface area contributed by atoms with Gasteiger partial charge in [-0.1, -0.05) is 45.4 Å². The van der Waals surface area contributed by atoms with Gasteiger partial charge in [0, 0.05) is 12.6 Å². The van der Waals surface area contributed by atoms with Crippen LogP contribution < -0.4 is 0 Å². The van der Waals surface area contributed by atoms with Crippen LogP contribution in [0.2, 0.25) is 0 Å². The summed E-state index contributed by atoms with van der Waals surface area (Å²) < 4.78 is 12.1. The van der Waals surface area contributed by atoms with Gasteiger partial charge in [-0.3, -0.25) is 14.4 Å². The fourth-order valence-electron chi connectivity index (χ4n) is 6.26. The summed E-state index contributed by atoms with van der Waals surface area (Å²) in [7, 11) is 0. The first-order valence-electron chi connectivity index (χ1n) is 12.1. The molecule has 0 aromatic heterocycles. The molecule has 4 heterocycles. The molecule has 8 heteroatoms. The quantitative estimate of drug-likeness (QED) is 0.479. The molecule has 0 aromatic rings. The summed E-state index contributed by atoms with van der Waals surface area (Å²) in [5.41, 5.74) is -2.38. The number of aliphatic hydroxyl groups excluding tert-OH is 1. The minimum Gasteiger partial charge on any atom is -0.461 e. The number of esters is 1. The topological polar surface area (TPSA) is 96.4 Å². The first-order chi connectivity index (χ1) is 15.6. The van der Waals surface area contributed by atoms with Crippen LogP contribution in [-0.4, -0.2) is 81.8 Å². The molecule has 4 aliphatic rings. The number of cyclic esters (lactones) is 1. The number of hydrogen-bond donors (Lipinski definition) is 1. The van der Waals surface area contributed by atoms with Crippen LogP contribution in [0, 0.1) is 17.8 Å². The summed E-state index contributed by atoms with van der Waals surface area (Å²) in [6.07, 6.45) is 8.99. The van der Waals surface area contributed by atoms with Gasteiger partial charge in [-0.15, -0.1) is 0 Å². The second kappa shape index (κ2) is 8.55. The highest BCUT2D eigenvalue weighted by atomic mass is 16.6. The van der Waals surface area contributed by atoms with Crippen LogP contribution in [0.5, 0.6) is 0 Å². The van der Waals surface area contributed by atoms with Crippen LogP contribution in [0.3, 0.4) is 0 Å². The zero-order chi connectivity index (χ0) is 24.1. The Kier molecular flexibility index (Phi) is 6.20. The summed E-state index contributed by atoms with van der Waals surface area (Å²) in [4.78, 5) is 44.6. The molecule has 2 amide bonds. The first kappa shape index (κ1) is 24.0. The summed E-state index contributed by atoms with van der Waals surface area (Å²) in [6.45, 7) is 9.95. The number of ether oxygens (including phenoxy) is 2. The Balaban J connectivity index is 1.89. The second-order valence-corrected chi connectivity index (χ2v) is 10.3. The van der Waals surface area contributed by atoms with Crippen molar-refractivity contribution in [3.63, 3.8) is 0 Å². The molecule has 2 saturated heterocycles. The molecule has 0 aromatic carbocycles. The zero-order valence-electron chi connectivity index (χ0n) is 20.2. The largest absolute Gasteiger partial charge is 0.461 e. The molecule has 2 unspecified atom stereocenters. The van der Waals surface area contributed by atoms with Crippen molar-refractivity contribution in [3.05, 3.63) is 24.3 Å². The van der Waals surface area contributed by atoms with Gasteiger partial charge in [0.25, 0.3) is 0 Å². The minimum absolute atomic E-state index is 0.0164. The van der Waals surface area contributed by atoms with Crippen molar-refractivity contribution in [2.24, 2.45) is 17.8 Å². The Labute approximate surface area is 195 Å². The fraction of sp³-hybridized carbons (Fsp3) is 0.720. The zero-order valence-corrected chi connectivity index (χ0v) is 20.2. The number of carbonyl (C=O) groups excluding carboxylic acids is 3. The molecule has 2 fully saturated rings. The number of nitrogens with zero attached hydrogens (tertiary/aromatic N) is 2. The van der Waals surface area contributed by atoms with Crippen molar-refractivity contribution in [1.82, 2.24) is 9.80 Å². The number of amides is 2. The van der Waals surface area contributed by atoms with Crippen molar-refractivity contribution < 1.29 is 29.0 Å². The maximum atomic E-state index is 14.1. The Morgan fingerprint density at radius 3 is 2.48 bits per heavy atom. The number of aliphatic hydroxyl groups is 1. The van der Waals surface area contributed by atoms with Gasteiger partial charge in [-0.2, -0.15) is 0 Å². The summed E-state index contributed by atoms with van der Waals surface area (Å²) in [5, 5.41) is 10.2. The van der Waals surface area contributed by atoms with Crippen LogP contribution >= 0.6 is 0 Å². The Morgan fingerprint density at radius 1 is 1.12 bits per heavy atom. The molecule has 0 radical (unpaired) electrons. The van der Waals surface area contributed by atoms with Crippen LogP contribution in [0.4, 0.5) is 0 Å². The van der Waals surface area contributed by atoms with Crippen LogP contribution in [0.25, 0.3) is 0 Å². The lowest BCUT2D eigenvalue weighted by atomic mass is 9.74. The van der Waals surface area contributed by atoms with Crippen molar-refractivity contribution in [2.75, 3.05) is 19.8 Å². The van der Waals surface area contributed by atoms with E-state index in [1.807, 2.05) is 32.9 Å². The standard InChI is InChI=1S/C25H36N2O6/c1-6-9-16(4)26-12-7-11-25-18(19-23(31)32-13-8-10-24(19,5)33-25)21(29)27(20(25)22(26)30)17(14-28)15(2)3/h7-8,10-11,15-20,28H,6,9,12-14H2,1-5H3/t16?,17-,18-,19+,20?,24-,25-/m0/s1. The maximum Gasteiger partial charge on any atom is 0.313 e. The SMILES string of the molecule is CCCC(C)N1CC=C[C@]23O[C@@]4(C)C=CCOC(=O)[C@H]4[C@H]2C(=O)N([C@@H](CO)C(C)C)C3C1=O. The molecule has 0 bridgehead atoms. The molecule has 8 nitrogen and oxygen atoms in total. The van der Waals surface area contributed by atoms with Crippen LogP contribution in [-0.2, 0) is 23.9 Å². The average Bonchev–Trinajstić information content (AvgIpc) is 3.00. The lowest BCUT2D eigenvalue weighted by molar-refractivity contribution is -0.161. The van der Waals surface area contributed by atoms with E-state index in [0.717, 1.165) is 12.8 Å². The van der Waals surface area contributed by atoms with Crippen LogP contribution in [0.15, 0.2) is 24.3 Å². The maximum absolute atomic E-state index is 14.1. The predicted molar refractivity (Wildman–Crippen MR) is 121 cm³/mol. The van der Waals surface area contributed by atoms with Gasteiger partial charge in [0.05, 0.1) is 24.2 Å². The predicted octanol–water partition coefficient (Wildman–Crippen LogP) is 1.67. The molecule has 0 aliphatic carbocycles. The van der Waals surface area contributed by atoms with Gasteiger partial charge < -0.3 is 24.4 Å². The third-order valence-electron chi connectivity index (χ3n) is 7.83. The third-order valence-corrected chi connectivity index (χ3v) is 7.83. The lowest BCUT2D eigenvalue weighted by Crippen LogP contribution is -2.60. The van der Waals surface area contributed by atoms with Gasteiger partial charge in [-0.25, -0.2) is 0 Å². The van der Waals surface area contributed by atoms with E-state index in [1.165, 1.54) is 4.90 Å². The molecule has 1 spiro atoms. The molecule has 182 valence electrons. The summed E-state index contributed by atoms with van der Waals surface area (Å²) >= 11 is 0. The normalized spacial score (nSPS) is 37.4. The third kappa shape index (κ3) is 3.44. The van der Waals surface area contributed by atoms with E-state index in [-0.39, 0.29) is 37.0 Å². The van der Waals surface area contributed by atoms with Gasteiger partial charge in [0.1, 0.15) is 24.2 Å². The van der Waals surface area contributed by atoms with Crippen molar-refractivity contribution in [3.8, 4) is 0 Å². The van der Waals surface area contributed by atoms with E-state index in [4.69, 9.17) is 9.47 Å². The highest BCUT2D eigenvalue weighted by Gasteiger charge is 2.75. The Bertz CT molecular complexity index is 884. The Morgan fingerprint density at radius 2 is 1.85 bits per heavy atom. The second-order valence-electron chi connectivity index (χ2n) is 10.3. The minimum atomic E-state index is -1.31. The number of likely N-dealkylation sites (tertiary alicyclic amines) is 1. The van der Waals surface area contributed by atoms with Crippen molar-refractivity contribution >= 4 is 17.8 Å². The fourth-order valence-corrected chi connectivity index (χ4v) is 6.26. The van der Waals surface area contributed by atoms with E-state index in [2.05, 4.69) is 6.92 Å². The highest BCUT2D eigenvalue weighted by molar-refractivity contribution is 5.99. The highest BCUT2D eigenvalue weighted by Crippen LogP contribution is 2.58. The average molecular weight is 461 g/mol. The van der Waals surface area contributed by atoms with Gasteiger partial charge in [0.2, 0.25) is 11.8 Å². The van der Waals surface area contributed by atoms with E-state index in [0.29, 0.717) is 6.54 Å². The molecule has 1 N–H and O–H groups in total. The monoisotopic (exact) mass is 460 g/mol. The molecular weight excluding hydrogens is 424 g/mol. The number of fused-ring (bicyclic) bond motifs is 2. The molecule has 4 aliphatic heterocycles. The number of rotatable bonds is 6. The molecule has 7 atom stereocenters. The van der Waals surface area contributed by atoms with Crippen LogP contribution in [0.1, 0.15) is 47.5 Å². The number of hydrogen-bond acceptors (Lipinski definition) is 6. The molecule has 4 rings (SSSR count).